The van der Waals surface area contributed by atoms with Crippen LogP contribution >= 0.6 is 95.9 Å². The minimum absolute atomic E-state index is 0. The molecule has 0 bridgehead atoms. The largest absolute Gasteiger partial charge is 0.809 e. The lowest BCUT2D eigenvalue weighted by Crippen LogP contribution is -2.27. The molecule has 0 saturated heterocycles. The molecule has 3 radical (unpaired) electrons. The highest BCUT2D eigenvalue weighted by atomic mass is 35.7. The molecule has 20 nitrogen and oxygen atoms in total. The van der Waals surface area contributed by atoms with Crippen LogP contribution in [0.25, 0.3) is 0 Å². The van der Waals surface area contributed by atoms with Crippen LogP contribution in [0.1, 0.15) is 59.4 Å². The number of benzene rings is 8. The Hall–Kier alpha value is -2.81. The van der Waals surface area contributed by atoms with E-state index in [1.165, 1.54) is 11.1 Å². The van der Waals surface area contributed by atoms with Crippen molar-refractivity contribution in [3.05, 3.63) is 287 Å². The molecule has 0 aliphatic rings. The fourth-order valence-electron chi connectivity index (χ4n) is 6.31. The lowest BCUT2D eigenvalue weighted by atomic mass is 10.2. The quantitative estimate of drug-likeness (QED) is 0.0261. The predicted octanol–water partition coefficient (Wildman–Crippen LogP) is 18.0. The van der Waals surface area contributed by atoms with E-state index in [0.29, 0.717) is 60.4 Å². The third kappa shape index (κ3) is 79.8. The van der Waals surface area contributed by atoms with Crippen molar-refractivity contribution in [2.75, 3.05) is 39.2 Å². The maximum atomic E-state index is 12.2. The molecule has 8 N–H and O–H groups in total. The van der Waals surface area contributed by atoms with Gasteiger partial charge < -0.3 is 52.9 Å². The fourth-order valence-corrected chi connectivity index (χ4v) is 13.1. The normalized spacial score (nSPS) is 11.0. The molecule has 0 fully saturated rings. The standard InChI is InChI=1S/C17H26BO3PSi.C17H23O3PSi.C14H17BO3P.C14H14O3P.C2H9BClP.C2H6ClP.C2H6S.2CH4.BH5O3P.B.H3N.HO3P.H2O/c1-23(2,3)21-22(18,19-14-16-10-6-4-7-11-16)20-15-17-12-8-5-9-13-17;1-22(2,3)20-21(18-14-16-10-6-4-7-11-16)19-15-17-12-8-5-9-13-17;15-19(16,17-11-13-7-3-1-4-8-13)18-12-14-9-5-2-6-10-14;15-18(16-11-13-7-3-1-4-8-13)17-12-14-9-5-2-6-10-14;1-5(2,3)4;1-4(2)3;1-3-2;;;1-5(2,3)4;;;1-4(2)3;/h4-13H,14-15H2,1-3,18H3;4-13H,14-15H2,1-3H3;1-10H,11-12H2,15H3;1-10H,11-12H2;1-3H3;1-2H3;1-2H3;2*1H4;1H3,(H2,2,3,4);;1H3;(H-,1,2,3);1H2/q;;-1;+1;;;;;;-1;;;;. The van der Waals surface area contributed by atoms with E-state index >= 15 is 0 Å². The molecular formula is C70H120B5Cl2NO19P8SSi2-. The highest BCUT2D eigenvalue weighted by molar-refractivity contribution is 8.15. The van der Waals surface area contributed by atoms with Crippen LogP contribution < -0.4 is 11.0 Å². The van der Waals surface area contributed by atoms with Gasteiger partial charge in [0.1, 0.15) is 41.5 Å². The van der Waals surface area contributed by atoms with E-state index in [-0.39, 0.29) is 49.7 Å². The summed E-state index contributed by atoms with van der Waals surface area (Å²) in [5.41, 5.74) is 8.57. The maximum absolute atomic E-state index is 12.2. The fraction of sp³-hybridized carbons (Fsp3) is 0.314. The van der Waals surface area contributed by atoms with Crippen molar-refractivity contribution in [2.24, 2.45) is 0 Å². The van der Waals surface area contributed by atoms with Gasteiger partial charge in [-0.05, 0) is 124 Å². The van der Waals surface area contributed by atoms with Crippen LogP contribution in [0.3, 0.4) is 0 Å². The average Bonchev–Trinajstić information content (AvgIpc) is 0.843. The summed E-state index contributed by atoms with van der Waals surface area (Å²) in [7, 11) is -19.5. The molecule has 38 heteroatoms. The van der Waals surface area contributed by atoms with Gasteiger partial charge in [-0.2, -0.15) is 11.8 Å². The molecule has 1 unspecified atom stereocenters. The lowest BCUT2D eigenvalue weighted by molar-refractivity contribution is -0.185. The summed E-state index contributed by atoms with van der Waals surface area (Å²) in [5.74, 6) is 0. The summed E-state index contributed by atoms with van der Waals surface area (Å²) in [5, 5.41) is 0. The summed E-state index contributed by atoms with van der Waals surface area (Å²) in [6.07, 6.45) is 4.08. The van der Waals surface area contributed by atoms with E-state index in [2.05, 4.69) is 76.9 Å². The second-order valence-corrected chi connectivity index (χ2v) is 44.6. The maximum Gasteiger partial charge on any atom is 0.698 e. The molecule has 0 saturated carbocycles. The number of hydrogen-bond acceptors (Lipinski definition) is 17. The second-order valence-electron chi connectivity index (χ2n) is 21.8. The minimum atomic E-state index is -3.64. The second kappa shape index (κ2) is 67.5. The molecule has 1 atom stereocenters. The third-order valence-corrected chi connectivity index (χ3v) is 18.4. The van der Waals surface area contributed by atoms with Crippen molar-refractivity contribution < 1.29 is 87.9 Å². The Morgan fingerprint density at radius 2 is 0.676 bits per heavy atom. The van der Waals surface area contributed by atoms with Gasteiger partial charge in [-0.25, -0.2) is 9.05 Å². The van der Waals surface area contributed by atoms with Crippen molar-refractivity contribution in [2.45, 2.75) is 107 Å². The number of thioether (sulfide) groups is 1. The van der Waals surface area contributed by atoms with E-state index in [4.69, 9.17) is 86.3 Å². The zero-order valence-electron chi connectivity index (χ0n) is 59.7. The first kappa shape index (κ1) is 116. The van der Waals surface area contributed by atoms with Gasteiger partial charge in [0.25, 0.3) is 0 Å². The molecule has 0 aliphatic heterocycles. The Labute approximate surface area is 673 Å². The van der Waals surface area contributed by atoms with Gasteiger partial charge in [0.2, 0.25) is 23.7 Å². The van der Waals surface area contributed by atoms with Gasteiger partial charge in [-0.15, -0.1) is 18.8 Å². The molecule has 0 amide bonds. The molecule has 0 spiro atoms. The van der Waals surface area contributed by atoms with Crippen LogP contribution in [0, 0.1) is 0 Å². The zero-order valence-corrected chi connectivity index (χ0v) is 71.2. The first-order chi connectivity index (χ1) is 48.3. The molecule has 8 aromatic carbocycles. The van der Waals surface area contributed by atoms with Gasteiger partial charge in [0.05, 0.1) is 34.0 Å². The molecule has 0 heterocycles. The first-order valence-electron chi connectivity index (χ1n) is 30.1. The molecule has 108 heavy (non-hydrogen) atoms. The topological polar surface area (TPSA) is 311 Å². The van der Waals surface area contributed by atoms with Gasteiger partial charge in [0.15, 0.2) is 8.32 Å². The van der Waals surface area contributed by atoms with Crippen LogP contribution in [0.4, 0.5) is 0 Å². The monoisotopic (exact) mass is 1740 g/mol. The van der Waals surface area contributed by atoms with Gasteiger partial charge in [-0.1, -0.05) is 275 Å². The van der Waals surface area contributed by atoms with Crippen LogP contribution in [0.15, 0.2) is 243 Å². The molecular weight excluding hydrogens is 1620 g/mol. The Bertz CT molecular complexity index is 3320. The van der Waals surface area contributed by atoms with E-state index in [1.807, 2.05) is 244 Å². The Morgan fingerprint density at radius 3 is 0.870 bits per heavy atom. The van der Waals surface area contributed by atoms with E-state index in [1.54, 1.807) is 11.8 Å². The van der Waals surface area contributed by atoms with Crippen LogP contribution in [-0.4, -0.2) is 115 Å². The molecule has 603 valence electrons. The Morgan fingerprint density at radius 1 is 0.491 bits per heavy atom. The summed E-state index contributed by atoms with van der Waals surface area (Å²) in [6, 6.07) is 79.3. The van der Waals surface area contributed by atoms with Crippen molar-refractivity contribution >= 4 is 151 Å². The predicted molar refractivity (Wildman–Crippen MR) is 486 cm³/mol. The van der Waals surface area contributed by atoms with Gasteiger partial charge in [0, 0.05) is 49.7 Å². The highest BCUT2D eigenvalue weighted by Gasteiger charge is 2.37. The smallest absolute Gasteiger partial charge is 0.698 e. The van der Waals surface area contributed by atoms with Crippen molar-refractivity contribution in [3.63, 3.8) is 0 Å². The molecule has 8 rings (SSSR count). The van der Waals surface area contributed by atoms with Crippen LogP contribution in [0.5, 0.6) is 0 Å². The molecule has 8 aromatic rings. The first-order valence-corrected chi connectivity index (χ1v) is 51.5. The summed E-state index contributed by atoms with van der Waals surface area (Å²) in [6.45, 7) is 24.1. The summed E-state index contributed by atoms with van der Waals surface area (Å²) >= 11 is 12.8. The highest BCUT2D eigenvalue weighted by Crippen LogP contribution is 2.60. The van der Waals surface area contributed by atoms with Crippen molar-refractivity contribution in [1.82, 2.24) is 6.15 Å². The zero-order chi connectivity index (χ0) is 77.6. The minimum Gasteiger partial charge on any atom is -0.809 e. The average molecular weight is 1740 g/mol. The Balaban J connectivity index is -0.000000291. The third-order valence-electron chi connectivity index (χ3n) is 10.1. The number of halogens is 2. The Kier molecular flexibility index (Phi) is 72.6. The summed E-state index contributed by atoms with van der Waals surface area (Å²) in [4.78, 5) is 31.2. The van der Waals surface area contributed by atoms with E-state index < -0.39 is 86.1 Å². The van der Waals surface area contributed by atoms with Crippen LogP contribution in [0.2, 0.25) is 39.3 Å². The number of rotatable bonds is 28. The molecule has 0 aliphatic carbocycles. The van der Waals surface area contributed by atoms with Crippen molar-refractivity contribution in [1.29, 1.82) is 0 Å². The van der Waals surface area contributed by atoms with Crippen LogP contribution in [-0.2, 0) is 116 Å². The summed E-state index contributed by atoms with van der Waals surface area (Å²) < 4.78 is 99.6. The van der Waals surface area contributed by atoms with E-state index in [0.717, 1.165) is 33.4 Å². The lowest BCUT2D eigenvalue weighted by Gasteiger charge is -2.31. The number of hydrogen-bond donors (Lipinski definition) is 4. The van der Waals surface area contributed by atoms with E-state index in [9.17, 15) is 18.6 Å². The van der Waals surface area contributed by atoms with Gasteiger partial charge in [-0.3, -0.25) is 4.21 Å². The van der Waals surface area contributed by atoms with Gasteiger partial charge >= 0.3 is 25.1 Å². The SMILES string of the molecule is C.C.CP(C)Cl.CSC.C[Si](C)(C)OP(OCc1ccccc1)OCc1ccccc1.N.O.O=[P+](O)O.O=[P+](OCc1ccccc1)OCc1ccccc1.[BH3-]P(=O)(OCc1ccccc1)OCc1ccccc1.[BH3-]P(=O)([O-])O.[BH3-][P+](C)(C)Cl.[BH3-][P+](OCc1ccccc1)(OCc1ccccc1)O[Si](C)(C)C.[B]. The van der Waals surface area contributed by atoms with Crippen molar-refractivity contribution in [3.8, 4) is 0 Å². The molecule has 0 aromatic heterocycles.